The van der Waals surface area contributed by atoms with Gasteiger partial charge in [0.15, 0.2) is 9.84 Å². The van der Waals surface area contributed by atoms with Crippen molar-refractivity contribution in [1.29, 1.82) is 0 Å². The van der Waals surface area contributed by atoms with Crippen molar-refractivity contribution in [2.45, 2.75) is 62.5 Å². The molecule has 2 aromatic carbocycles. The van der Waals surface area contributed by atoms with Crippen LogP contribution in [0.15, 0.2) is 88.9 Å². The lowest BCUT2D eigenvalue weighted by Crippen LogP contribution is -2.56. The van der Waals surface area contributed by atoms with Gasteiger partial charge in [0.1, 0.15) is 5.25 Å². The predicted octanol–water partition coefficient (Wildman–Crippen LogP) is 6.54. The maximum absolute atomic E-state index is 14.9. The lowest BCUT2D eigenvalue weighted by Gasteiger charge is -2.40. The van der Waals surface area contributed by atoms with Crippen molar-refractivity contribution in [3.05, 3.63) is 89.5 Å². The summed E-state index contributed by atoms with van der Waals surface area (Å²) in [5.74, 6) is -1.25. The van der Waals surface area contributed by atoms with Gasteiger partial charge in [0, 0.05) is 12.5 Å². The summed E-state index contributed by atoms with van der Waals surface area (Å²) in [4.78, 5) is 11.7. The number of esters is 1. The van der Waals surface area contributed by atoms with Crippen LogP contribution in [0.25, 0.3) is 0 Å². The number of allylic oxidation sites excluding steroid dienone is 3. The number of hydrogen-bond donors (Lipinski definition) is 0. The van der Waals surface area contributed by atoms with Gasteiger partial charge in [-0.05, 0) is 45.7 Å². The molecule has 4 nitrogen and oxygen atoms in total. The minimum atomic E-state index is -5.25. The van der Waals surface area contributed by atoms with Crippen LogP contribution in [0.4, 0.5) is 13.2 Å². The van der Waals surface area contributed by atoms with Gasteiger partial charge in [-0.15, -0.1) is 0 Å². The topological polar surface area (TPSA) is 60.4 Å². The molecular formula is C26H29F3O4S. The Morgan fingerprint density at radius 2 is 1.47 bits per heavy atom. The Morgan fingerprint density at radius 1 is 0.941 bits per heavy atom. The molecule has 0 bridgehead atoms. The molecular weight excluding hydrogens is 465 g/mol. The number of carbonyl (C=O) groups is 1. The summed E-state index contributed by atoms with van der Waals surface area (Å²) in [6.45, 7) is 6.20. The molecule has 34 heavy (non-hydrogen) atoms. The Hall–Kier alpha value is -2.87. The number of benzene rings is 2. The summed E-state index contributed by atoms with van der Waals surface area (Å²) >= 11 is 0. The molecule has 0 aliphatic rings. The first-order valence-electron chi connectivity index (χ1n) is 10.7. The van der Waals surface area contributed by atoms with Crippen LogP contribution in [0.5, 0.6) is 0 Å². The van der Waals surface area contributed by atoms with Gasteiger partial charge in [-0.3, -0.25) is 4.79 Å². The number of sulfone groups is 1. The molecule has 2 rings (SSSR count). The predicted molar refractivity (Wildman–Crippen MR) is 126 cm³/mol. The normalized spacial score (nSPS) is 15.2. The third kappa shape index (κ3) is 6.17. The highest BCUT2D eigenvalue weighted by molar-refractivity contribution is 7.92. The van der Waals surface area contributed by atoms with E-state index in [-0.39, 0.29) is 4.90 Å². The van der Waals surface area contributed by atoms with Crippen molar-refractivity contribution in [3.8, 4) is 0 Å². The van der Waals surface area contributed by atoms with Crippen molar-refractivity contribution < 1.29 is 31.1 Å². The lowest BCUT2D eigenvalue weighted by atomic mass is 9.87. The third-order valence-electron chi connectivity index (χ3n) is 5.26. The maximum Gasteiger partial charge on any atom is 0.434 e. The summed E-state index contributed by atoms with van der Waals surface area (Å²) in [6, 6.07) is 13.3. The molecule has 184 valence electrons. The second-order valence-electron chi connectivity index (χ2n) is 8.30. The van der Waals surface area contributed by atoms with Gasteiger partial charge in [-0.2, -0.15) is 13.2 Å². The van der Waals surface area contributed by atoms with E-state index in [1.807, 2.05) is 19.9 Å². The number of hydrogen-bond acceptors (Lipinski definition) is 4. The van der Waals surface area contributed by atoms with E-state index in [9.17, 15) is 26.4 Å². The Kier molecular flexibility index (Phi) is 8.89. The van der Waals surface area contributed by atoms with E-state index < -0.39 is 38.4 Å². The molecule has 0 spiro atoms. The Bertz CT molecular complexity index is 1130. The number of rotatable bonds is 9. The van der Waals surface area contributed by atoms with Gasteiger partial charge >= 0.3 is 12.1 Å². The molecule has 0 radical (unpaired) electrons. The number of alkyl halides is 3. The van der Waals surface area contributed by atoms with Crippen LogP contribution in [-0.4, -0.2) is 25.8 Å². The highest BCUT2D eigenvalue weighted by Crippen LogP contribution is 2.49. The molecule has 0 heterocycles. The first kappa shape index (κ1) is 27.4. The van der Waals surface area contributed by atoms with E-state index >= 15 is 0 Å². The van der Waals surface area contributed by atoms with Crippen LogP contribution in [0.3, 0.4) is 0 Å². The van der Waals surface area contributed by atoms with Gasteiger partial charge < -0.3 is 4.74 Å². The zero-order chi connectivity index (χ0) is 25.6. The number of halogens is 3. The highest BCUT2D eigenvalue weighted by Gasteiger charge is 2.67. The van der Waals surface area contributed by atoms with E-state index in [1.54, 1.807) is 13.0 Å². The summed E-state index contributed by atoms with van der Waals surface area (Å²) in [5, 5.41) is -2.25. The monoisotopic (exact) mass is 494 g/mol. The number of carbonyl (C=O) groups excluding carboxylic acids is 1. The maximum atomic E-state index is 14.9. The summed E-state index contributed by atoms with van der Waals surface area (Å²) in [5.41, 5.74) is -2.46. The second-order valence-corrected chi connectivity index (χ2v) is 10.4. The summed E-state index contributed by atoms with van der Waals surface area (Å²) < 4.78 is 77.3. The molecule has 8 heteroatoms. The van der Waals surface area contributed by atoms with E-state index in [2.05, 4.69) is 0 Å². The quantitative estimate of drug-likeness (QED) is 0.293. The van der Waals surface area contributed by atoms with Gasteiger partial charge in [-0.1, -0.05) is 71.8 Å². The molecule has 0 aromatic heterocycles. The van der Waals surface area contributed by atoms with Gasteiger partial charge in [0.2, 0.25) is 0 Å². The molecule has 0 N–H and O–H groups in total. The minimum Gasteiger partial charge on any atom is -0.443 e. The highest BCUT2D eigenvalue weighted by atomic mass is 32.2. The number of ether oxygens (including phenoxy) is 1. The lowest BCUT2D eigenvalue weighted by molar-refractivity contribution is -0.273. The fourth-order valence-corrected chi connectivity index (χ4v) is 5.69. The van der Waals surface area contributed by atoms with Crippen LogP contribution in [0.2, 0.25) is 0 Å². The summed E-state index contributed by atoms with van der Waals surface area (Å²) in [6.07, 6.45) is -1.39. The molecule has 0 saturated carbocycles. The first-order valence-corrected chi connectivity index (χ1v) is 12.3. The molecule has 0 fully saturated rings. The summed E-state index contributed by atoms with van der Waals surface area (Å²) in [7, 11) is -4.66. The van der Waals surface area contributed by atoms with Gasteiger partial charge in [0.05, 0.1) is 4.90 Å². The van der Waals surface area contributed by atoms with Crippen molar-refractivity contribution in [1.82, 2.24) is 0 Å². The minimum absolute atomic E-state index is 0.301. The standard InChI is InChI=1S/C26H29F3O4S/c1-19(2)12-11-13-20(3)18-24(34(31,32)23-16-9-6-10-17-23)25(26(27,28)29,33-21(4)30)22-14-7-5-8-15-22/h5-10,12,14-18,24H,11,13H2,1-4H3/b20-18+. The average Bonchev–Trinajstić information content (AvgIpc) is 2.76. The molecule has 0 aliphatic heterocycles. The van der Waals surface area contributed by atoms with Gasteiger partial charge in [-0.25, -0.2) is 8.42 Å². The largest absolute Gasteiger partial charge is 0.443 e. The van der Waals surface area contributed by atoms with Crippen molar-refractivity contribution in [2.24, 2.45) is 0 Å². The first-order chi connectivity index (χ1) is 15.8. The van der Waals surface area contributed by atoms with E-state index in [4.69, 9.17) is 4.74 Å². The average molecular weight is 495 g/mol. The molecule has 2 atom stereocenters. The fourth-order valence-electron chi connectivity index (χ4n) is 3.69. The third-order valence-corrected chi connectivity index (χ3v) is 7.33. The van der Waals surface area contributed by atoms with Gasteiger partial charge in [0.25, 0.3) is 5.60 Å². The Labute approximate surface area is 199 Å². The van der Waals surface area contributed by atoms with E-state index in [0.717, 1.165) is 30.7 Å². The molecule has 2 aromatic rings. The zero-order valence-electron chi connectivity index (χ0n) is 19.6. The van der Waals surface area contributed by atoms with Crippen molar-refractivity contribution in [3.63, 3.8) is 0 Å². The van der Waals surface area contributed by atoms with E-state index in [0.29, 0.717) is 18.4 Å². The van der Waals surface area contributed by atoms with Crippen LogP contribution in [0.1, 0.15) is 46.1 Å². The van der Waals surface area contributed by atoms with Crippen LogP contribution < -0.4 is 0 Å². The Morgan fingerprint density at radius 3 is 1.94 bits per heavy atom. The molecule has 0 amide bonds. The van der Waals surface area contributed by atoms with Crippen molar-refractivity contribution in [2.75, 3.05) is 0 Å². The zero-order valence-corrected chi connectivity index (χ0v) is 20.4. The Balaban J connectivity index is 2.89. The van der Waals surface area contributed by atoms with Crippen molar-refractivity contribution >= 4 is 15.8 Å². The molecule has 0 aliphatic carbocycles. The van der Waals surface area contributed by atoms with Crippen LogP contribution in [-0.2, 0) is 25.0 Å². The van der Waals surface area contributed by atoms with Crippen LogP contribution in [0, 0.1) is 0 Å². The fraction of sp³-hybridized carbons (Fsp3) is 0.346. The van der Waals surface area contributed by atoms with Crippen LogP contribution >= 0.6 is 0 Å². The molecule has 2 unspecified atom stereocenters. The van der Waals surface area contributed by atoms with E-state index in [1.165, 1.54) is 42.5 Å². The second kappa shape index (κ2) is 11.0. The SMILES string of the molecule is CC(=O)OC(c1ccccc1)(C(/C=C(\C)CCC=C(C)C)S(=O)(=O)c1ccccc1)C(F)(F)F. The molecule has 0 saturated heterocycles. The smallest absolute Gasteiger partial charge is 0.434 e.